The van der Waals surface area contributed by atoms with Crippen LogP contribution in [-0.2, 0) is 13.6 Å². The van der Waals surface area contributed by atoms with Crippen molar-refractivity contribution in [1.82, 2.24) is 24.0 Å². The lowest BCUT2D eigenvalue weighted by atomic mass is 10.1. The average molecular weight is 420 g/mol. The standard InChI is InChI=1S/C22H24N6O3/c1-4-5-11-27-18-19(24-21(27)26-12-9-23-10-13-26)28(22(31)25(3)20(18)30)17-8-6-7-16(14-17)15(2)29/h6-8,14,23H,9-13H2,1-3H3. The Bertz CT molecular complexity index is 1350. The molecule has 1 N–H and O–H groups in total. The molecule has 9 heteroatoms. The molecule has 160 valence electrons. The summed E-state index contributed by atoms with van der Waals surface area (Å²) in [4.78, 5) is 45.0. The molecule has 0 bridgehead atoms. The summed E-state index contributed by atoms with van der Waals surface area (Å²) >= 11 is 0. The minimum absolute atomic E-state index is 0.110. The Labute approximate surface area is 178 Å². The highest BCUT2D eigenvalue weighted by molar-refractivity contribution is 5.94. The zero-order chi connectivity index (χ0) is 22.1. The van der Waals surface area contributed by atoms with Crippen molar-refractivity contribution in [2.75, 3.05) is 31.1 Å². The van der Waals surface area contributed by atoms with Crippen molar-refractivity contribution in [3.8, 4) is 17.5 Å². The number of carbonyl (C=O) groups excluding carboxylic acids is 1. The van der Waals surface area contributed by atoms with Gasteiger partial charge >= 0.3 is 5.69 Å². The summed E-state index contributed by atoms with van der Waals surface area (Å²) in [5, 5.41) is 3.30. The van der Waals surface area contributed by atoms with Crippen molar-refractivity contribution in [2.45, 2.75) is 20.4 Å². The number of Topliss-reactive ketones (excluding diaryl/α,β-unsaturated/α-hetero) is 1. The number of anilines is 1. The van der Waals surface area contributed by atoms with E-state index in [0.717, 1.165) is 30.7 Å². The molecule has 1 aliphatic rings. The van der Waals surface area contributed by atoms with Crippen LogP contribution < -0.4 is 21.5 Å². The number of nitrogens with zero attached hydrogens (tertiary/aromatic N) is 5. The predicted octanol–water partition coefficient (Wildman–Crippen LogP) is 0.521. The second-order valence-electron chi connectivity index (χ2n) is 7.42. The Kier molecular flexibility index (Phi) is 5.48. The van der Waals surface area contributed by atoms with Crippen LogP contribution in [-0.4, -0.2) is 50.6 Å². The van der Waals surface area contributed by atoms with Gasteiger partial charge in [0.15, 0.2) is 16.9 Å². The molecule has 0 radical (unpaired) electrons. The number of hydrogen-bond acceptors (Lipinski definition) is 6. The second kappa shape index (κ2) is 8.24. The fourth-order valence-electron chi connectivity index (χ4n) is 3.79. The van der Waals surface area contributed by atoms with Crippen LogP contribution >= 0.6 is 0 Å². The fourth-order valence-corrected chi connectivity index (χ4v) is 3.79. The molecule has 0 unspecified atom stereocenters. The van der Waals surface area contributed by atoms with E-state index in [1.165, 1.54) is 18.5 Å². The summed E-state index contributed by atoms with van der Waals surface area (Å²) in [6.07, 6.45) is 0. The van der Waals surface area contributed by atoms with Gasteiger partial charge in [0, 0.05) is 38.8 Å². The molecule has 1 aromatic carbocycles. The van der Waals surface area contributed by atoms with Gasteiger partial charge in [-0.2, -0.15) is 4.98 Å². The summed E-state index contributed by atoms with van der Waals surface area (Å²) in [5.74, 6) is 6.39. The van der Waals surface area contributed by atoms with Crippen LogP contribution in [0.15, 0.2) is 33.9 Å². The quantitative estimate of drug-likeness (QED) is 0.489. The molecule has 4 rings (SSSR count). The Balaban J connectivity index is 2.07. The Morgan fingerprint density at radius 1 is 1.23 bits per heavy atom. The third-order valence-corrected chi connectivity index (χ3v) is 5.45. The van der Waals surface area contributed by atoms with Gasteiger partial charge in [0.25, 0.3) is 5.56 Å². The highest BCUT2D eigenvalue weighted by Gasteiger charge is 2.25. The number of aromatic nitrogens is 4. The van der Waals surface area contributed by atoms with E-state index in [1.54, 1.807) is 35.8 Å². The molecule has 0 aliphatic carbocycles. The summed E-state index contributed by atoms with van der Waals surface area (Å²) in [5.41, 5.74) is 0.593. The van der Waals surface area contributed by atoms with E-state index < -0.39 is 11.2 Å². The van der Waals surface area contributed by atoms with Crippen LogP contribution in [0.5, 0.6) is 0 Å². The van der Waals surface area contributed by atoms with Crippen molar-refractivity contribution in [1.29, 1.82) is 0 Å². The SMILES string of the molecule is CC#CCn1c(N2CCNCC2)nc2c1c(=O)n(C)c(=O)n2-c1cccc(C(C)=O)c1. The Morgan fingerprint density at radius 3 is 2.65 bits per heavy atom. The van der Waals surface area contributed by atoms with Crippen LogP contribution in [0.1, 0.15) is 24.2 Å². The van der Waals surface area contributed by atoms with Gasteiger partial charge < -0.3 is 10.2 Å². The van der Waals surface area contributed by atoms with Crippen molar-refractivity contribution in [3.05, 3.63) is 50.7 Å². The molecule has 3 aromatic rings. The van der Waals surface area contributed by atoms with Gasteiger partial charge in [-0.15, -0.1) is 5.92 Å². The number of benzene rings is 1. The second-order valence-corrected chi connectivity index (χ2v) is 7.42. The van der Waals surface area contributed by atoms with E-state index in [1.807, 2.05) is 0 Å². The number of ketones is 1. The summed E-state index contributed by atoms with van der Waals surface area (Å²) in [6.45, 7) is 6.56. The molecule has 1 saturated heterocycles. The van der Waals surface area contributed by atoms with Gasteiger partial charge in [0.1, 0.15) is 0 Å². The first-order chi connectivity index (χ1) is 14.9. The number of rotatable bonds is 4. The van der Waals surface area contributed by atoms with E-state index >= 15 is 0 Å². The van der Waals surface area contributed by atoms with Gasteiger partial charge in [-0.05, 0) is 26.0 Å². The fraction of sp³-hybridized carbons (Fsp3) is 0.364. The molecule has 31 heavy (non-hydrogen) atoms. The molecule has 1 aliphatic heterocycles. The zero-order valence-corrected chi connectivity index (χ0v) is 17.8. The molecule has 0 atom stereocenters. The third-order valence-electron chi connectivity index (χ3n) is 5.45. The highest BCUT2D eigenvalue weighted by Crippen LogP contribution is 2.22. The van der Waals surface area contributed by atoms with Crippen LogP contribution in [0.4, 0.5) is 5.95 Å². The minimum Gasteiger partial charge on any atom is -0.340 e. The molecule has 2 aromatic heterocycles. The van der Waals surface area contributed by atoms with Crippen molar-refractivity contribution >= 4 is 22.9 Å². The highest BCUT2D eigenvalue weighted by atomic mass is 16.2. The van der Waals surface area contributed by atoms with Crippen molar-refractivity contribution in [3.63, 3.8) is 0 Å². The predicted molar refractivity (Wildman–Crippen MR) is 119 cm³/mol. The molecular weight excluding hydrogens is 396 g/mol. The van der Waals surface area contributed by atoms with Crippen molar-refractivity contribution < 1.29 is 4.79 Å². The maximum atomic E-state index is 13.1. The number of fused-ring (bicyclic) bond motifs is 1. The maximum absolute atomic E-state index is 13.1. The number of nitrogens with one attached hydrogen (secondary N) is 1. The number of piperazine rings is 1. The molecule has 3 heterocycles. The normalized spacial score (nSPS) is 13.8. The monoisotopic (exact) mass is 420 g/mol. The first kappa shape index (κ1) is 20.6. The smallest absolute Gasteiger partial charge is 0.337 e. The van der Waals surface area contributed by atoms with Gasteiger partial charge in [0.2, 0.25) is 5.95 Å². The van der Waals surface area contributed by atoms with Crippen LogP contribution in [0, 0.1) is 11.8 Å². The average Bonchev–Trinajstić information content (AvgIpc) is 3.16. The topological polar surface area (TPSA) is 94.2 Å². The zero-order valence-electron chi connectivity index (χ0n) is 17.8. The summed E-state index contributed by atoms with van der Waals surface area (Å²) < 4.78 is 4.25. The van der Waals surface area contributed by atoms with Crippen LogP contribution in [0.2, 0.25) is 0 Å². The lowest BCUT2D eigenvalue weighted by molar-refractivity contribution is 0.101. The van der Waals surface area contributed by atoms with E-state index in [9.17, 15) is 14.4 Å². The largest absolute Gasteiger partial charge is 0.340 e. The minimum atomic E-state index is -0.517. The van der Waals surface area contributed by atoms with Crippen molar-refractivity contribution in [2.24, 2.45) is 7.05 Å². The van der Waals surface area contributed by atoms with Gasteiger partial charge in [-0.1, -0.05) is 18.1 Å². The Morgan fingerprint density at radius 2 is 1.97 bits per heavy atom. The molecule has 0 amide bonds. The third kappa shape index (κ3) is 3.55. The molecule has 1 fully saturated rings. The number of imidazole rings is 1. The first-order valence-electron chi connectivity index (χ1n) is 10.1. The van der Waals surface area contributed by atoms with E-state index in [4.69, 9.17) is 4.98 Å². The van der Waals surface area contributed by atoms with E-state index in [2.05, 4.69) is 22.1 Å². The van der Waals surface area contributed by atoms with Crippen LogP contribution in [0.3, 0.4) is 0 Å². The number of carbonyl (C=O) groups is 1. The van der Waals surface area contributed by atoms with E-state index in [0.29, 0.717) is 22.7 Å². The summed E-state index contributed by atoms with van der Waals surface area (Å²) in [6, 6.07) is 6.78. The van der Waals surface area contributed by atoms with Gasteiger partial charge in [-0.25, -0.2) is 9.36 Å². The molecule has 0 spiro atoms. The van der Waals surface area contributed by atoms with E-state index in [-0.39, 0.29) is 18.0 Å². The maximum Gasteiger partial charge on any atom is 0.337 e. The molecular formula is C22H24N6O3. The van der Waals surface area contributed by atoms with Gasteiger partial charge in [0.05, 0.1) is 12.2 Å². The van der Waals surface area contributed by atoms with Gasteiger partial charge in [-0.3, -0.25) is 18.7 Å². The Hall–Kier alpha value is -3.64. The lowest BCUT2D eigenvalue weighted by Gasteiger charge is -2.28. The summed E-state index contributed by atoms with van der Waals surface area (Å²) in [7, 11) is 1.45. The lowest BCUT2D eigenvalue weighted by Crippen LogP contribution is -2.44. The first-order valence-corrected chi connectivity index (χ1v) is 10.1. The molecule has 0 saturated carbocycles. The molecule has 9 nitrogen and oxygen atoms in total. The van der Waals surface area contributed by atoms with Crippen LogP contribution in [0.25, 0.3) is 16.9 Å². The number of hydrogen-bond donors (Lipinski definition) is 1.